The van der Waals surface area contributed by atoms with E-state index in [0.717, 1.165) is 22.7 Å². The molecular formula is C24H23N3O2. The van der Waals surface area contributed by atoms with Crippen LogP contribution in [-0.2, 0) is 4.79 Å². The second kappa shape index (κ2) is 7.80. The number of anilines is 2. The van der Waals surface area contributed by atoms with Crippen molar-refractivity contribution in [3.8, 4) is 5.75 Å². The third-order valence-corrected chi connectivity index (χ3v) is 4.97. The second-order valence-electron chi connectivity index (χ2n) is 7.01. The molecule has 3 aromatic carbocycles. The molecule has 146 valence electrons. The number of nitrogens with zero attached hydrogens (tertiary/aromatic N) is 3. The lowest BCUT2D eigenvalue weighted by Crippen LogP contribution is -2.37. The van der Waals surface area contributed by atoms with Crippen LogP contribution in [0, 0.1) is 6.92 Å². The highest BCUT2D eigenvalue weighted by Crippen LogP contribution is 2.39. The van der Waals surface area contributed by atoms with E-state index in [1.807, 2.05) is 64.5 Å². The number of ether oxygens (including phenoxy) is 1. The largest absolute Gasteiger partial charge is 0.497 e. The monoisotopic (exact) mass is 385 g/mol. The first kappa shape index (κ1) is 18.7. The topological polar surface area (TPSA) is 45.1 Å². The van der Waals surface area contributed by atoms with E-state index in [2.05, 4.69) is 31.2 Å². The van der Waals surface area contributed by atoms with Gasteiger partial charge in [0, 0.05) is 12.6 Å². The molecule has 0 saturated heterocycles. The lowest BCUT2D eigenvalue weighted by Gasteiger charge is -2.32. The van der Waals surface area contributed by atoms with Crippen LogP contribution in [0.15, 0.2) is 84.0 Å². The molecule has 5 nitrogen and oxygen atoms in total. The second-order valence-corrected chi connectivity index (χ2v) is 7.01. The molecule has 1 aliphatic heterocycles. The Labute approximate surface area is 170 Å². The van der Waals surface area contributed by atoms with Crippen LogP contribution < -0.4 is 14.6 Å². The number of rotatable bonds is 5. The highest BCUT2D eigenvalue weighted by Gasteiger charge is 2.39. The third-order valence-electron chi connectivity index (χ3n) is 4.97. The summed E-state index contributed by atoms with van der Waals surface area (Å²) in [5, 5.41) is 6.63. The van der Waals surface area contributed by atoms with Crippen LogP contribution in [0.25, 0.3) is 0 Å². The molecule has 0 saturated carbocycles. The van der Waals surface area contributed by atoms with Crippen LogP contribution in [-0.4, -0.2) is 18.7 Å². The molecule has 0 aromatic heterocycles. The average Bonchev–Trinajstić information content (AvgIpc) is 3.16. The zero-order valence-corrected chi connectivity index (χ0v) is 16.7. The van der Waals surface area contributed by atoms with Gasteiger partial charge in [-0.25, -0.2) is 5.01 Å². The maximum atomic E-state index is 12.5. The van der Waals surface area contributed by atoms with Gasteiger partial charge < -0.3 is 4.74 Å². The van der Waals surface area contributed by atoms with Crippen molar-refractivity contribution >= 4 is 23.0 Å². The number of carbonyl (C=O) groups is 1. The number of hydrazone groups is 1. The summed E-state index contributed by atoms with van der Waals surface area (Å²) < 4.78 is 5.29. The predicted octanol–water partition coefficient (Wildman–Crippen LogP) is 4.93. The number of amidine groups is 1. The standard InChI is InChI=1S/C24H23N3O2/c1-17-9-11-19(12-10-17)24-26(20-7-5-4-6-8-20)23(18(2)28)25-27(24)21-13-15-22(29-3)16-14-21/h4-16,24H,1-3H3/t24-/m1/s1. The summed E-state index contributed by atoms with van der Waals surface area (Å²) in [4.78, 5) is 14.5. The minimum atomic E-state index is -0.273. The van der Waals surface area contributed by atoms with Gasteiger partial charge in [0.05, 0.1) is 12.8 Å². The smallest absolute Gasteiger partial charge is 0.198 e. The molecule has 0 aliphatic carbocycles. The molecule has 5 heteroatoms. The molecule has 0 bridgehead atoms. The minimum Gasteiger partial charge on any atom is -0.497 e. The van der Waals surface area contributed by atoms with Crippen molar-refractivity contribution in [2.75, 3.05) is 17.0 Å². The normalized spacial score (nSPS) is 16.0. The maximum Gasteiger partial charge on any atom is 0.198 e. The van der Waals surface area contributed by atoms with Crippen molar-refractivity contribution in [3.05, 3.63) is 90.0 Å². The fourth-order valence-corrected chi connectivity index (χ4v) is 3.48. The number of ketones is 1. The summed E-state index contributed by atoms with van der Waals surface area (Å²) in [6.45, 7) is 3.62. The molecule has 0 amide bonds. The first-order chi connectivity index (χ1) is 14.1. The summed E-state index contributed by atoms with van der Waals surface area (Å²) in [6, 6.07) is 25.9. The van der Waals surface area contributed by atoms with Crippen molar-refractivity contribution in [2.45, 2.75) is 20.0 Å². The van der Waals surface area contributed by atoms with Gasteiger partial charge in [0.25, 0.3) is 0 Å². The van der Waals surface area contributed by atoms with Gasteiger partial charge in [-0.15, -0.1) is 5.10 Å². The van der Waals surface area contributed by atoms with E-state index in [4.69, 9.17) is 9.84 Å². The molecule has 29 heavy (non-hydrogen) atoms. The van der Waals surface area contributed by atoms with Crippen molar-refractivity contribution in [1.82, 2.24) is 0 Å². The predicted molar refractivity (Wildman–Crippen MR) is 116 cm³/mol. The maximum absolute atomic E-state index is 12.5. The van der Waals surface area contributed by atoms with Gasteiger partial charge in [-0.05, 0) is 48.9 Å². The lowest BCUT2D eigenvalue weighted by atomic mass is 10.1. The first-order valence-corrected chi connectivity index (χ1v) is 9.52. The van der Waals surface area contributed by atoms with Crippen LogP contribution in [0.3, 0.4) is 0 Å². The summed E-state index contributed by atoms with van der Waals surface area (Å²) in [6.07, 6.45) is -0.273. The summed E-state index contributed by atoms with van der Waals surface area (Å²) in [5.74, 6) is 1.11. The molecule has 1 heterocycles. The quantitative estimate of drug-likeness (QED) is 0.625. The zero-order chi connectivity index (χ0) is 20.4. The van der Waals surface area contributed by atoms with Crippen molar-refractivity contribution in [1.29, 1.82) is 0 Å². The van der Waals surface area contributed by atoms with Gasteiger partial charge >= 0.3 is 0 Å². The molecule has 3 aromatic rings. The lowest BCUT2D eigenvalue weighted by molar-refractivity contribution is -0.111. The molecule has 0 unspecified atom stereocenters. The van der Waals surface area contributed by atoms with Crippen LogP contribution >= 0.6 is 0 Å². The Morgan fingerprint density at radius 2 is 1.55 bits per heavy atom. The molecule has 4 rings (SSSR count). The Morgan fingerprint density at radius 3 is 2.14 bits per heavy atom. The molecule has 1 atom stereocenters. The molecular weight excluding hydrogens is 362 g/mol. The summed E-state index contributed by atoms with van der Waals surface area (Å²) in [7, 11) is 1.64. The molecule has 0 N–H and O–H groups in total. The van der Waals surface area contributed by atoms with Crippen molar-refractivity contribution in [3.63, 3.8) is 0 Å². The minimum absolute atomic E-state index is 0.0815. The zero-order valence-electron chi connectivity index (χ0n) is 16.7. The van der Waals surface area contributed by atoms with Gasteiger partial charge in [-0.2, -0.15) is 0 Å². The van der Waals surface area contributed by atoms with Gasteiger partial charge in [-0.1, -0.05) is 48.0 Å². The number of para-hydroxylation sites is 1. The highest BCUT2D eigenvalue weighted by molar-refractivity contribution is 6.44. The Morgan fingerprint density at radius 1 is 0.897 bits per heavy atom. The van der Waals surface area contributed by atoms with Crippen molar-refractivity contribution in [2.24, 2.45) is 5.10 Å². The number of hydrogen-bond acceptors (Lipinski definition) is 5. The van der Waals surface area contributed by atoms with Crippen LogP contribution in [0.4, 0.5) is 11.4 Å². The molecule has 0 fully saturated rings. The van der Waals surface area contributed by atoms with E-state index in [1.54, 1.807) is 14.0 Å². The number of benzene rings is 3. The van der Waals surface area contributed by atoms with Gasteiger partial charge in [-0.3, -0.25) is 9.69 Å². The van der Waals surface area contributed by atoms with Crippen LogP contribution in [0.2, 0.25) is 0 Å². The van der Waals surface area contributed by atoms with E-state index in [-0.39, 0.29) is 11.9 Å². The molecule has 1 aliphatic rings. The third kappa shape index (κ3) is 3.59. The fraction of sp³-hybridized carbons (Fsp3) is 0.167. The molecule has 0 spiro atoms. The number of Topliss-reactive ketones (excluding diaryl/α,β-unsaturated/α-hetero) is 1. The van der Waals surface area contributed by atoms with E-state index < -0.39 is 0 Å². The van der Waals surface area contributed by atoms with E-state index in [1.165, 1.54) is 5.56 Å². The Hall–Kier alpha value is -3.60. The first-order valence-electron chi connectivity index (χ1n) is 9.52. The Bertz CT molecular complexity index is 1030. The summed E-state index contributed by atoms with van der Waals surface area (Å²) >= 11 is 0. The number of hydrogen-bond donors (Lipinski definition) is 0. The van der Waals surface area contributed by atoms with E-state index in [9.17, 15) is 4.79 Å². The Balaban J connectivity index is 1.87. The number of methoxy groups -OCH3 is 1. The highest BCUT2D eigenvalue weighted by atomic mass is 16.5. The van der Waals surface area contributed by atoms with Gasteiger partial charge in [0.2, 0.25) is 0 Å². The number of aryl methyl sites for hydroxylation is 1. The van der Waals surface area contributed by atoms with E-state index in [0.29, 0.717) is 5.84 Å². The SMILES string of the molecule is COc1ccc(N2N=C(C(C)=O)N(c3ccccc3)[C@H]2c2ccc(C)cc2)cc1. The number of carbonyl (C=O) groups excluding carboxylic acids is 1. The molecule has 0 radical (unpaired) electrons. The summed E-state index contributed by atoms with van der Waals surface area (Å²) in [5.41, 5.74) is 4.04. The van der Waals surface area contributed by atoms with Gasteiger partial charge in [0.15, 0.2) is 17.8 Å². The van der Waals surface area contributed by atoms with Crippen molar-refractivity contribution < 1.29 is 9.53 Å². The van der Waals surface area contributed by atoms with E-state index >= 15 is 0 Å². The van der Waals surface area contributed by atoms with Gasteiger partial charge in [0.1, 0.15) is 5.75 Å². The average molecular weight is 385 g/mol. The Kier molecular flexibility index (Phi) is 5.04. The van der Waals surface area contributed by atoms with Crippen LogP contribution in [0.1, 0.15) is 24.2 Å². The fourth-order valence-electron chi connectivity index (χ4n) is 3.48. The van der Waals surface area contributed by atoms with Crippen LogP contribution in [0.5, 0.6) is 5.75 Å².